The van der Waals surface area contributed by atoms with Crippen LogP contribution in [0.4, 0.5) is 0 Å². The van der Waals surface area contributed by atoms with Crippen LogP contribution in [0.25, 0.3) is 0 Å². The molecule has 0 saturated carbocycles. The van der Waals surface area contributed by atoms with E-state index in [1.165, 1.54) is 18.3 Å². The number of nitrogens with zero attached hydrogens (tertiary/aromatic N) is 1. The van der Waals surface area contributed by atoms with Gasteiger partial charge in [0.15, 0.2) is 11.5 Å². The van der Waals surface area contributed by atoms with Crippen LogP contribution >= 0.6 is 0 Å². The highest BCUT2D eigenvalue weighted by Crippen LogP contribution is 2.24. The molecule has 100 valence electrons. The second-order valence-electron chi connectivity index (χ2n) is 4.15. The molecule has 6 nitrogen and oxygen atoms in total. The van der Waals surface area contributed by atoms with Gasteiger partial charge >= 0.3 is 0 Å². The van der Waals surface area contributed by atoms with Gasteiger partial charge < -0.3 is 20.6 Å². The van der Waals surface area contributed by atoms with Crippen LogP contribution in [0.1, 0.15) is 5.56 Å². The van der Waals surface area contributed by atoms with Gasteiger partial charge in [-0.25, -0.2) is 0 Å². The molecule has 0 radical (unpaired) electrons. The molecule has 1 aromatic rings. The minimum absolute atomic E-state index is 0.00368. The molecule has 4 N–H and O–H groups in total. The molecule has 0 unspecified atom stereocenters. The Morgan fingerprint density at radius 3 is 2.68 bits per heavy atom. The Bertz CT molecular complexity index is 564. The number of aliphatic imine (C=N–C) groups is 1. The zero-order valence-corrected chi connectivity index (χ0v) is 10.1. The lowest BCUT2D eigenvalue weighted by Crippen LogP contribution is -2.17. The highest BCUT2D eigenvalue weighted by atomic mass is 16.3. The van der Waals surface area contributed by atoms with Crippen molar-refractivity contribution in [1.29, 1.82) is 0 Å². The van der Waals surface area contributed by atoms with Gasteiger partial charge in [0.2, 0.25) is 0 Å². The van der Waals surface area contributed by atoms with Gasteiger partial charge in [-0.2, -0.15) is 0 Å². The molecule has 1 heterocycles. The summed E-state index contributed by atoms with van der Waals surface area (Å²) in [6.07, 6.45) is 1.90. The number of nitrogens with one attached hydrogen (secondary N) is 1. The van der Waals surface area contributed by atoms with Crippen molar-refractivity contribution < 1.29 is 20.1 Å². The van der Waals surface area contributed by atoms with Gasteiger partial charge in [0.25, 0.3) is 5.91 Å². The van der Waals surface area contributed by atoms with E-state index >= 15 is 0 Å². The summed E-state index contributed by atoms with van der Waals surface area (Å²) in [5.41, 5.74) is 1.01. The highest BCUT2D eigenvalue weighted by molar-refractivity contribution is 6.14. The average molecular weight is 262 g/mol. The molecule has 0 aliphatic carbocycles. The van der Waals surface area contributed by atoms with E-state index in [9.17, 15) is 15.0 Å². The molecule has 0 aromatic heterocycles. The molecule has 1 aliphatic rings. The van der Waals surface area contributed by atoms with Crippen molar-refractivity contribution in [2.45, 2.75) is 6.42 Å². The van der Waals surface area contributed by atoms with Crippen molar-refractivity contribution in [3.05, 3.63) is 35.1 Å². The van der Waals surface area contributed by atoms with Crippen molar-refractivity contribution in [1.82, 2.24) is 5.32 Å². The quantitative estimate of drug-likeness (QED) is 0.472. The molecule has 2 rings (SSSR count). The first-order chi connectivity index (χ1) is 9.08. The van der Waals surface area contributed by atoms with Crippen LogP contribution in [-0.2, 0) is 11.2 Å². The summed E-state index contributed by atoms with van der Waals surface area (Å²) in [4.78, 5) is 15.3. The summed E-state index contributed by atoms with van der Waals surface area (Å²) >= 11 is 0. The SMILES string of the molecule is O=C1NCC(O)=C1C=NCCc1ccc(O)c(O)c1. The fraction of sp³-hybridized carbons (Fsp3) is 0.231. The van der Waals surface area contributed by atoms with Crippen molar-refractivity contribution in [3.8, 4) is 11.5 Å². The average Bonchev–Trinajstić information content (AvgIpc) is 2.70. The Kier molecular flexibility index (Phi) is 3.70. The molecule has 19 heavy (non-hydrogen) atoms. The molecule has 0 atom stereocenters. The zero-order chi connectivity index (χ0) is 13.8. The number of phenols is 2. The number of benzene rings is 1. The third-order valence-corrected chi connectivity index (χ3v) is 2.76. The molecule has 0 bridgehead atoms. The number of aromatic hydroxyl groups is 2. The van der Waals surface area contributed by atoms with Crippen molar-refractivity contribution >= 4 is 12.1 Å². The molecule has 0 saturated heterocycles. The van der Waals surface area contributed by atoms with E-state index in [1.54, 1.807) is 6.07 Å². The Labute approximate surface area is 109 Å². The number of aliphatic hydroxyl groups excluding tert-OH is 1. The van der Waals surface area contributed by atoms with Crippen molar-refractivity contribution in [2.75, 3.05) is 13.1 Å². The normalized spacial score (nSPS) is 15.3. The summed E-state index contributed by atoms with van der Waals surface area (Å²) < 4.78 is 0. The monoisotopic (exact) mass is 262 g/mol. The minimum atomic E-state index is -0.330. The lowest BCUT2D eigenvalue weighted by Gasteiger charge is -2.01. The van der Waals surface area contributed by atoms with E-state index in [4.69, 9.17) is 5.11 Å². The smallest absolute Gasteiger partial charge is 0.256 e. The number of rotatable bonds is 4. The summed E-state index contributed by atoms with van der Waals surface area (Å²) in [7, 11) is 0. The molecule has 6 heteroatoms. The van der Waals surface area contributed by atoms with Gasteiger partial charge in [-0.05, 0) is 24.1 Å². The van der Waals surface area contributed by atoms with Crippen LogP contribution in [-0.4, -0.2) is 40.5 Å². The standard InChI is InChI=1S/C13H14N2O4/c16-10-2-1-8(5-11(10)17)3-4-14-6-9-12(18)7-15-13(9)19/h1-2,5-6,16-18H,3-4,7H2,(H,15,19). The van der Waals surface area contributed by atoms with Crippen LogP contribution in [0.15, 0.2) is 34.5 Å². The minimum Gasteiger partial charge on any atom is -0.510 e. The lowest BCUT2D eigenvalue weighted by molar-refractivity contribution is -0.116. The van der Waals surface area contributed by atoms with Crippen molar-refractivity contribution in [3.63, 3.8) is 0 Å². The van der Waals surface area contributed by atoms with Crippen LogP contribution < -0.4 is 5.32 Å². The van der Waals surface area contributed by atoms with Gasteiger partial charge in [0, 0.05) is 12.8 Å². The maximum absolute atomic E-state index is 11.2. The second kappa shape index (κ2) is 5.43. The number of amides is 1. The van der Waals surface area contributed by atoms with Crippen molar-refractivity contribution in [2.24, 2.45) is 4.99 Å². The van der Waals surface area contributed by atoms with E-state index in [0.717, 1.165) is 5.56 Å². The van der Waals surface area contributed by atoms with Crippen LogP contribution in [0.3, 0.4) is 0 Å². The lowest BCUT2D eigenvalue weighted by atomic mass is 10.1. The number of hydrogen-bond donors (Lipinski definition) is 4. The molecule has 1 aromatic carbocycles. The summed E-state index contributed by atoms with van der Waals surface area (Å²) in [5.74, 6) is -0.665. The molecular weight excluding hydrogens is 248 g/mol. The van der Waals surface area contributed by atoms with Gasteiger partial charge in [0.05, 0.1) is 12.1 Å². The van der Waals surface area contributed by atoms with Gasteiger partial charge in [-0.15, -0.1) is 0 Å². The van der Waals surface area contributed by atoms with Crippen LogP contribution in [0, 0.1) is 0 Å². The Morgan fingerprint density at radius 2 is 2.05 bits per heavy atom. The zero-order valence-electron chi connectivity index (χ0n) is 10.1. The number of hydrogen-bond acceptors (Lipinski definition) is 5. The third kappa shape index (κ3) is 3.04. The van der Waals surface area contributed by atoms with Gasteiger partial charge in [-0.3, -0.25) is 9.79 Å². The van der Waals surface area contributed by atoms with Gasteiger partial charge in [-0.1, -0.05) is 6.07 Å². The van der Waals surface area contributed by atoms with E-state index < -0.39 is 0 Å². The molecule has 0 spiro atoms. The summed E-state index contributed by atoms with van der Waals surface area (Å²) in [5, 5.41) is 30.3. The van der Waals surface area contributed by atoms with E-state index in [2.05, 4.69) is 10.3 Å². The Balaban J connectivity index is 1.91. The summed E-state index contributed by atoms with van der Waals surface area (Å²) in [6.45, 7) is 0.556. The molecular formula is C13H14N2O4. The van der Waals surface area contributed by atoms with E-state index in [1.807, 2.05) is 0 Å². The fourth-order valence-electron chi connectivity index (χ4n) is 1.69. The van der Waals surface area contributed by atoms with Gasteiger partial charge in [0.1, 0.15) is 5.76 Å². The fourth-order valence-corrected chi connectivity index (χ4v) is 1.69. The first kappa shape index (κ1) is 12.9. The van der Waals surface area contributed by atoms with E-state index in [0.29, 0.717) is 13.0 Å². The maximum Gasteiger partial charge on any atom is 0.256 e. The first-order valence-electron chi connectivity index (χ1n) is 5.79. The first-order valence-corrected chi connectivity index (χ1v) is 5.79. The summed E-state index contributed by atoms with van der Waals surface area (Å²) in [6, 6.07) is 4.56. The molecule has 1 amide bonds. The maximum atomic E-state index is 11.2. The topological polar surface area (TPSA) is 102 Å². The highest BCUT2D eigenvalue weighted by Gasteiger charge is 2.19. The Morgan fingerprint density at radius 1 is 1.26 bits per heavy atom. The largest absolute Gasteiger partial charge is 0.510 e. The van der Waals surface area contributed by atoms with Crippen LogP contribution in [0.2, 0.25) is 0 Å². The number of carbonyl (C=O) groups is 1. The van der Waals surface area contributed by atoms with E-state index in [-0.39, 0.29) is 35.3 Å². The molecule has 1 aliphatic heterocycles. The molecule has 0 fully saturated rings. The van der Waals surface area contributed by atoms with Crippen LogP contribution in [0.5, 0.6) is 11.5 Å². The second-order valence-corrected chi connectivity index (χ2v) is 4.15. The number of phenolic OH excluding ortho intramolecular Hbond substituents is 2. The number of aliphatic hydroxyl groups is 1. The Hall–Kier alpha value is -2.50. The third-order valence-electron chi connectivity index (χ3n) is 2.76. The predicted molar refractivity (Wildman–Crippen MR) is 69.5 cm³/mol. The predicted octanol–water partition coefficient (Wildman–Crippen LogP) is 0.653. The number of carbonyl (C=O) groups excluding carboxylic acids is 1.